The van der Waals surface area contributed by atoms with Gasteiger partial charge in [0.25, 0.3) is 0 Å². The lowest BCUT2D eigenvalue weighted by molar-refractivity contribution is -0.123. The van der Waals surface area contributed by atoms with Gasteiger partial charge in [-0.05, 0) is 31.9 Å². The first kappa shape index (κ1) is 17.6. The molecule has 0 N–H and O–H groups in total. The topological polar surface area (TPSA) is 52.6 Å². The Morgan fingerprint density at radius 1 is 1.26 bits per heavy atom. The molecule has 0 rings (SSSR count). The molecular weight excluding hydrogens is 244 g/mol. The fourth-order valence-corrected chi connectivity index (χ4v) is 1.59. The van der Waals surface area contributed by atoms with Crippen molar-refractivity contribution in [2.45, 2.75) is 40.5 Å². The normalized spacial score (nSPS) is 12.8. The highest BCUT2D eigenvalue weighted by Gasteiger charge is 2.11. The maximum atomic E-state index is 11.8. The molecule has 108 valence electrons. The minimum atomic E-state index is -0.225. The Kier molecular flexibility index (Phi) is 8.79. The Balaban J connectivity index is 4.65. The first-order valence-electron chi connectivity index (χ1n) is 6.36. The smallest absolute Gasteiger partial charge is 0.188 e. The summed E-state index contributed by atoms with van der Waals surface area (Å²) in [6, 6.07) is 0. The van der Waals surface area contributed by atoms with E-state index in [1.807, 2.05) is 26.8 Å². The zero-order chi connectivity index (χ0) is 14.8. The Bertz CT molecular complexity index is 362. The molecule has 0 aliphatic heterocycles. The first-order chi connectivity index (χ1) is 8.93. The molecule has 0 radical (unpaired) electrons. The Morgan fingerprint density at radius 3 is 2.37 bits per heavy atom. The summed E-state index contributed by atoms with van der Waals surface area (Å²) in [4.78, 5) is 22.1. The molecule has 0 amide bonds. The average Bonchev–Trinajstić information content (AvgIpc) is 2.36. The second-order valence-electron chi connectivity index (χ2n) is 4.74. The van der Waals surface area contributed by atoms with E-state index in [1.54, 1.807) is 14.0 Å². The number of hydrogen-bond acceptors (Lipinski definition) is 4. The van der Waals surface area contributed by atoms with E-state index >= 15 is 0 Å². The molecule has 1 unspecified atom stereocenters. The number of carbonyl (C=O) groups excluding carboxylic acids is 2. The largest absolute Gasteiger partial charge is 0.467 e. The van der Waals surface area contributed by atoms with Gasteiger partial charge in [-0.3, -0.25) is 4.79 Å². The number of methoxy groups -OCH3 is 1. The van der Waals surface area contributed by atoms with Crippen LogP contribution in [0.4, 0.5) is 0 Å². The average molecular weight is 268 g/mol. The van der Waals surface area contributed by atoms with Gasteiger partial charge in [-0.2, -0.15) is 0 Å². The van der Waals surface area contributed by atoms with Gasteiger partial charge < -0.3 is 14.3 Å². The van der Waals surface area contributed by atoms with Gasteiger partial charge in [-0.15, -0.1) is 0 Å². The van der Waals surface area contributed by atoms with Crippen LogP contribution < -0.4 is 0 Å². The molecule has 4 nitrogen and oxygen atoms in total. The standard InChI is InChI=1S/C15H24O4/c1-11(2)15(19-10-18-5)13(4)6-7-14(17)12(3)8-9-16/h6,9,12H,7-8,10H2,1-5H3/b13-6-. The minimum absolute atomic E-state index is 0.0614. The molecule has 1 atom stereocenters. The second kappa shape index (κ2) is 9.50. The van der Waals surface area contributed by atoms with Crippen LogP contribution in [0.3, 0.4) is 0 Å². The number of allylic oxidation sites excluding steroid dienone is 3. The predicted octanol–water partition coefficient (Wildman–Crippen LogP) is 3.03. The number of ketones is 1. The number of aldehydes is 1. The molecule has 0 heterocycles. The van der Waals surface area contributed by atoms with E-state index in [-0.39, 0.29) is 24.9 Å². The van der Waals surface area contributed by atoms with Crippen molar-refractivity contribution in [3.05, 3.63) is 23.0 Å². The molecular formula is C15H24O4. The van der Waals surface area contributed by atoms with Crippen molar-refractivity contribution in [1.82, 2.24) is 0 Å². The van der Waals surface area contributed by atoms with Gasteiger partial charge in [0.1, 0.15) is 17.8 Å². The monoisotopic (exact) mass is 268 g/mol. The SMILES string of the molecule is COCOC(=C(C)C)/C(C)=C\CC(=O)C(C)CC=O. The second-order valence-corrected chi connectivity index (χ2v) is 4.74. The van der Waals surface area contributed by atoms with E-state index in [1.165, 1.54) is 0 Å². The molecule has 19 heavy (non-hydrogen) atoms. The molecule has 4 heteroatoms. The maximum Gasteiger partial charge on any atom is 0.188 e. The molecule has 0 aliphatic rings. The first-order valence-corrected chi connectivity index (χ1v) is 6.36. The third-order valence-corrected chi connectivity index (χ3v) is 2.74. The summed E-state index contributed by atoms with van der Waals surface area (Å²) in [7, 11) is 1.56. The molecule has 0 aromatic carbocycles. The summed E-state index contributed by atoms with van der Waals surface area (Å²) in [5.41, 5.74) is 1.93. The van der Waals surface area contributed by atoms with Crippen LogP contribution in [0.15, 0.2) is 23.0 Å². The van der Waals surface area contributed by atoms with E-state index in [4.69, 9.17) is 9.47 Å². The van der Waals surface area contributed by atoms with Crippen LogP contribution >= 0.6 is 0 Å². The summed E-state index contributed by atoms with van der Waals surface area (Å²) < 4.78 is 10.4. The summed E-state index contributed by atoms with van der Waals surface area (Å²) >= 11 is 0. The van der Waals surface area contributed by atoms with Crippen LogP contribution in [-0.4, -0.2) is 26.0 Å². The summed E-state index contributed by atoms with van der Waals surface area (Å²) in [5, 5.41) is 0. The van der Waals surface area contributed by atoms with Crippen LogP contribution in [0.5, 0.6) is 0 Å². The Labute approximate surface area is 115 Å². The van der Waals surface area contributed by atoms with Gasteiger partial charge in [-0.25, -0.2) is 0 Å². The van der Waals surface area contributed by atoms with Gasteiger partial charge in [0.15, 0.2) is 6.79 Å². The van der Waals surface area contributed by atoms with E-state index in [9.17, 15) is 9.59 Å². The van der Waals surface area contributed by atoms with Gasteiger partial charge in [0.05, 0.1) is 0 Å². The highest BCUT2D eigenvalue weighted by atomic mass is 16.7. The van der Waals surface area contributed by atoms with Gasteiger partial charge in [-0.1, -0.05) is 13.0 Å². The van der Waals surface area contributed by atoms with Crippen molar-refractivity contribution >= 4 is 12.1 Å². The van der Waals surface area contributed by atoms with Crippen LogP contribution in [0.1, 0.15) is 40.5 Å². The van der Waals surface area contributed by atoms with Crippen molar-refractivity contribution in [2.24, 2.45) is 5.92 Å². The highest BCUT2D eigenvalue weighted by Crippen LogP contribution is 2.17. The molecule has 0 spiro atoms. The lowest BCUT2D eigenvalue weighted by atomic mass is 9.99. The van der Waals surface area contributed by atoms with E-state index in [0.717, 1.165) is 23.2 Å². The van der Waals surface area contributed by atoms with Crippen molar-refractivity contribution < 1.29 is 19.1 Å². The minimum Gasteiger partial charge on any atom is -0.467 e. The summed E-state index contributed by atoms with van der Waals surface area (Å²) in [6.07, 6.45) is 3.21. The van der Waals surface area contributed by atoms with Gasteiger partial charge in [0, 0.05) is 25.9 Å². The Morgan fingerprint density at radius 2 is 1.89 bits per heavy atom. The number of rotatable bonds is 9. The Hall–Kier alpha value is -1.42. The van der Waals surface area contributed by atoms with Crippen molar-refractivity contribution in [1.29, 1.82) is 0 Å². The zero-order valence-electron chi connectivity index (χ0n) is 12.5. The third kappa shape index (κ3) is 6.91. The lowest BCUT2D eigenvalue weighted by Crippen LogP contribution is -2.10. The molecule has 0 saturated carbocycles. The van der Waals surface area contributed by atoms with Gasteiger partial charge in [0.2, 0.25) is 0 Å². The lowest BCUT2D eigenvalue weighted by Gasteiger charge is -2.12. The fraction of sp³-hybridized carbons (Fsp3) is 0.600. The number of carbonyl (C=O) groups is 2. The quantitative estimate of drug-likeness (QED) is 0.279. The van der Waals surface area contributed by atoms with E-state index < -0.39 is 0 Å². The molecule has 0 aliphatic carbocycles. The van der Waals surface area contributed by atoms with E-state index in [0.29, 0.717) is 6.42 Å². The molecule has 0 saturated heterocycles. The molecule has 0 aromatic heterocycles. The van der Waals surface area contributed by atoms with Crippen LogP contribution in [0, 0.1) is 5.92 Å². The third-order valence-electron chi connectivity index (χ3n) is 2.74. The molecule has 0 fully saturated rings. The highest BCUT2D eigenvalue weighted by molar-refractivity contribution is 5.84. The van der Waals surface area contributed by atoms with Crippen LogP contribution in [0.25, 0.3) is 0 Å². The van der Waals surface area contributed by atoms with Gasteiger partial charge >= 0.3 is 0 Å². The van der Waals surface area contributed by atoms with Crippen molar-refractivity contribution in [2.75, 3.05) is 13.9 Å². The molecule has 0 bridgehead atoms. The van der Waals surface area contributed by atoms with E-state index in [2.05, 4.69) is 0 Å². The number of hydrogen-bond donors (Lipinski definition) is 0. The van der Waals surface area contributed by atoms with Crippen LogP contribution in [0.2, 0.25) is 0 Å². The number of ether oxygens (including phenoxy) is 2. The molecule has 0 aromatic rings. The van der Waals surface area contributed by atoms with Crippen molar-refractivity contribution in [3.63, 3.8) is 0 Å². The van der Waals surface area contributed by atoms with Crippen molar-refractivity contribution in [3.8, 4) is 0 Å². The predicted molar refractivity (Wildman–Crippen MR) is 74.6 cm³/mol. The fourth-order valence-electron chi connectivity index (χ4n) is 1.59. The summed E-state index contributed by atoms with van der Waals surface area (Å²) in [5.74, 6) is 0.584. The summed E-state index contributed by atoms with van der Waals surface area (Å²) in [6.45, 7) is 7.73. The zero-order valence-corrected chi connectivity index (χ0v) is 12.5. The number of Topliss-reactive ketones (excluding diaryl/α,β-unsaturated/α-hetero) is 1. The maximum absolute atomic E-state index is 11.8. The van der Waals surface area contributed by atoms with Crippen LogP contribution in [-0.2, 0) is 19.1 Å².